The fraction of sp³-hybridized carbons (Fsp3) is 0. The molecular formula is C11H5Cl3FN. The second kappa shape index (κ2) is 4.58. The zero-order chi connectivity index (χ0) is 11.7. The van der Waals surface area contributed by atoms with Gasteiger partial charge in [-0.1, -0.05) is 40.9 Å². The number of hydrogen-bond acceptors (Lipinski definition) is 1. The first-order valence-electron chi connectivity index (χ1n) is 4.35. The van der Waals surface area contributed by atoms with Gasteiger partial charge in [-0.3, -0.25) is 0 Å². The third kappa shape index (κ3) is 2.01. The number of hydrogen-bond donors (Lipinski definition) is 0. The number of halogens is 4. The van der Waals surface area contributed by atoms with Crippen LogP contribution >= 0.6 is 34.8 Å². The van der Waals surface area contributed by atoms with E-state index in [-0.39, 0.29) is 5.02 Å². The topological polar surface area (TPSA) is 12.9 Å². The molecule has 2 rings (SSSR count). The minimum absolute atomic E-state index is 0.0856. The van der Waals surface area contributed by atoms with Gasteiger partial charge in [0, 0.05) is 27.4 Å². The van der Waals surface area contributed by atoms with Gasteiger partial charge in [0.2, 0.25) is 5.95 Å². The van der Waals surface area contributed by atoms with Crippen molar-refractivity contribution >= 4 is 34.8 Å². The molecule has 82 valence electrons. The highest BCUT2D eigenvalue weighted by molar-refractivity contribution is 6.41. The maximum absolute atomic E-state index is 13.2. The summed E-state index contributed by atoms with van der Waals surface area (Å²) in [6.07, 6.45) is 1.32. The molecule has 0 unspecified atom stereocenters. The first kappa shape index (κ1) is 11.6. The van der Waals surface area contributed by atoms with Crippen molar-refractivity contribution in [3.05, 3.63) is 51.5 Å². The van der Waals surface area contributed by atoms with Crippen LogP contribution in [0.5, 0.6) is 0 Å². The maximum atomic E-state index is 13.2. The fourth-order valence-corrected chi connectivity index (χ4v) is 2.17. The molecule has 0 aliphatic heterocycles. The summed E-state index contributed by atoms with van der Waals surface area (Å²) in [4.78, 5) is 3.44. The van der Waals surface area contributed by atoms with Gasteiger partial charge in [0.05, 0.1) is 0 Å². The van der Waals surface area contributed by atoms with Gasteiger partial charge < -0.3 is 0 Å². The normalized spacial score (nSPS) is 10.5. The molecule has 0 bridgehead atoms. The van der Waals surface area contributed by atoms with Crippen molar-refractivity contribution in [1.29, 1.82) is 0 Å². The van der Waals surface area contributed by atoms with Gasteiger partial charge in [0.15, 0.2) is 0 Å². The Morgan fingerprint density at radius 2 is 1.62 bits per heavy atom. The molecule has 1 heterocycles. The molecular weight excluding hydrogens is 271 g/mol. The molecule has 0 N–H and O–H groups in total. The minimum Gasteiger partial charge on any atom is -0.227 e. The van der Waals surface area contributed by atoms with E-state index in [4.69, 9.17) is 34.8 Å². The van der Waals surface area contributed by atoms with E-state index in [1.165, 1.54) is 6.20 Å². The van der Waals surface area contributed by atoms with Crippen LogP contribution in [-0.2, 0) is 0 Å². The lowest BCUT2D eigenvalue weighted by atomic mass is 10.1. The van der Waals surface area contributed by atoms with E-state index in [1.807, 2.05) is 0 Å². The Balaban J connectivity index is 2.73. The Bertz CT molecular complexity index is 522. The Labute approximate surface area is 107 Å². The van der Waals surface area contributed by atoms with Crippen LogP contribution in [0.3, 0.4) is 0 Å². The Kier molecular flexibility index (Phi) is 3.33. The highest BCUT2D eigenvalue weighted by Crippen LogP contribution is 2.38. The lowest BCUT2D eigenvalue weighted by molar-refractivity contribution is 0.585. The molecule has 5 heteroatoms. The lowest BCUT2D eigenvalue weighted by Crippen LogP contribution is -1.89. The van der Waals surface area contributed by atoms with E-state index in [0.717, 1.165) is 0 Å². The molecule has 0 radical (unpaired) electrons. The summed E-state index contributed by atoms with van der Waals surface area (Å²) < 4.78 is 13.2. The van der Waals surface area contributed by atoms with Crippen LogP contribution in [0.15, 0.2) is 30.5 Å². The Morgan fingerprint density at radius 1 is 1.00 bits per heavy atom. The minimum atomic E-state index is -0.741. The predicted octanol–water partition coefficient (Wildman–Crippen LogP) is 4.85. The van der Waals surface area contributed by atoms with Crippen molar-refractivity contribution in [2.24, 2.45) is 0 Å². The summed E-state index contributed by atoms with van der Waals surface area (Å²) >= 11 is 17.8. The van der Waals surface area contributed by atoms with Crippen LogP contribution < -0.4 is 0 Å². The summed E-state index contributed by atoms with van der Waals surface area (Å²) in [5.74, 6) is -0.741. The first-order valence-corrected chi connectivity index (χ1v) is 5.49. The molecule has 0 atom stereocenters. The van der Waals surface area contributed by atoms with Gasteiger partial charge in [-0.25, -0.2) is 4.98 Å². The summed E-state index contributed by atoms with van der Waals surface area (Å²) in [6, 6.07) is 6.60. The number of nitrogens with zero attached hydrogens (tertiary/aromatic N) is 1. The monoisotopic (exact) mass is 275 g/mol. The molecule has 0 aliphatic carbocycles. The van der Waals surface area contributed by atoms with E-state index in [1.54, 1.807) is 24.3 Å². The third-order valence-corrected chi connectivity index (χ3v) is 3.07. The standard InChI is InChI=1S/C11H5Cl3FN/c12-7-2-1-3-8(13)9(7)6-4-5-16-11(15)10(6)14/h1-5H. The van der Waals surface area contributed by atoms with Crippen molar-refractivity contribution in [2.75, 3.05) is 0 Å². The van der Waals surface area contributed by atoms with Crippen molar-refractivity contribution in [3.63, 3.8) is 0 Å². The highest BCUT2D eigenvalue weighted by Gasteiger charge is 2.14. The van der Waals surface area contributed by atoms with Crippen LogP contribution in [-0.4, -0.2) is 4.98 Å². The summed E-state index contributed by atoms with van der Waals surface area (Å²) in [5, 5.41) is 0.748. The van der Waals surface area contributed by atoms with E-state index in [9.17, 15) is 4.39 Å². The zero-order valence-corrected chi connectivity index (χ0v) is 10.1. The average molecular weight is 277 g/mol. The molecule has 0 spiro atoms. The molecule has 2 aromatic rings. The van der Waals surface area contributed by atoms with Crippen molar-refractivity contribution in [2.45, 2.75) is 0 Å². The molecule has 0 amide bonds. The summed E-state index contributed by atoms with van der Waals surface area (Å²) in [6.45, 7) is 0. The van der Waals surface area contributed by atoms with E-state index in [0.29, 0.717) is 21.2 Å². The lowest BCUT2D eigenvalue weighted by Gasteiger charge is -2.08. The largest absolute Gasteiger partial charge is 0.232 e. The van der Waals surface area contributed by atoms with Gasteiger partial charge in [-0.05, 0) is 18.2 Å². The van der Waals surface area contributed by atoms with Gasteiger partial charge in [0.1, 0.15) is 5.02 Å². The Hall–Kier alpha value is -0.830. The molecule has 0 aliphatic rings. The molecule has 1 aromatic heterocycles. The molecule has 1 nitrogen and oxygen atoms in total. The molecule has 0 saturated heterocycles. The quantitative estimate of drug-likeness (QED) is 0.679. The van der Waals surface area contributed by atoms with Crippen molar-refractivity contribution in [1.82, 2.24) is 4.98 Å². The van der Waals surface area contributed by atoms with Crippen LogP contribution in [0.25, 0.3) is 11.1 Å². The van der Waals surface area contributed by atoms with Gasteiger partial charge >= 0.3 is 0 Å². The SMILES string of the molecule is Fc1nccc(-c2c(Cl)cccc2Cl)c1Cl. The molecule has 0 saturated carbocycles. The fourth-order valence-electron chi connectivity index (χ4n) is 1.37. The van der Waals surface area contributed by atoms with Crippen LogP contribution in [0.4, 0.5) is 4.39 Å². The second-order valence-electron chi connectivity index (χ2n) is 3.06. The third-order valence-electron chi connectivity index (χ3n) is 2.08. The van der Waals surface area contributed by atoms with Crippen LogP contribution in [0.2, 0.25) is 15.1 Å². The van der Waals surface area contributed by atoms with E-state index < -0.39 is 5.95 Å². The van der Waals surface area contributed by atoms with E-state index in [2.05, 4.69) is 4.98 Å². The van der Waals surface area contributed by atoms with E-state index >= 15 is 0 Å². The second-order valence-corrected chi connectivity index (χ2v) is 4.25. The number of aromatic nitrogens is 1. The van der Waals surface area contributed by atoms with Gasteiger partial charge in [0.25, 0.3) is 0 Å². The van der Waals surface area contributed by atoms with Crippen molar-refractivity contribution in [3.8, 4) is 11.1 Å². The Morgan fingerprint density at radius 3 is 2.25 bits per heavy atom. The summed E-state index contributed by atoms with van der Waals surface area (Å²) in [5.41, 5.74) is 0.946. The predicted molar refractivity (Wildman–Crippen MR) is 64.7 cm³/mol. The molecule has 16 heavy (non-hydrogen) atoms. The van der Waals surface area contributed by atoms with Gasteiger partial charge in [-0.15, -0.1) is 0 Å². The molecule has 1 aromatic carbocycles. The van der Waals surface area contributed by atoms with Crippen molar-refractivity contribution < 1.29 is 4.39 Å². The average Bonchev–Trinajstić information content (AvgIpc) is 2.24. The highest BCUT2D eigenvalue weighted by atomic mass is 35.5. The number of rotatable bonds is 1. The number of pyridine rings is 1. The zero-order valence-electron chi connectivity index (χ0n) is 7.85. The maximum Gasteiger partial charge on any atom is 0.232 e. The van der Waals surface area contributed by atoms with Gasteiger partial charge in [-0.2, -0.15) is 4.39 Å². The number of benzene rings is 1. The van der Waals surface area contributed by atoms with Crippen LogP contribution in [0.1, 0.15) is 0 Å². The smallest absolute Gasteiger partial charge is 0.227 e. The molecule has 0 fully saturated rings. The first-order chi connectivity index (χ1) is 7.61. The summed E-state index contributed by atoms with van der Waals surface area (Å²) in [7, 11) is 0. The van der Waals surface area contributed by atoms with Crippen LogP contribution in [0, 0.1) is 5.95 Å².